The van der Waals surface area contributed by atoms with Crippen molar-refractivity contribution in [2.45, 2.75) is 36.0 Å². The minimum absolute atomic E-state index is 0.0966. The van der Waals surface area contributed by atoms with Crippen LogP contribution in [-0.2, 0) is 5.41 Å². The second-order valence-electron chi connectivity index (χ2n) is 10.7. The molecule has 0 saturated heterocycles. The van der Waals surface area contributed by atoms with Crippen LogP contribution in [0.25, 0.3) is 32.9 Å². The van der Waals surface area contributed by atoms with E-state index in [0.717, 1.165) is 50.0 Å². The van der Waals surface area contributed by atoms with Gasteiger partial charge in [0.2, 0.25) is 0 Å². The van der Waals surface area contributed by atoms with Crippen molar-refractivity contribution in [1.29, 1.82) is 0 Å². The molecule has 7 rings (SSSR count). The van der Waals surface area contributed by atoms with Gasteiger partial charge in [-0.05, 0) is 59.0 Å². The minimum atomic E-state index is 0.0966. The summed E-state index contributed by atoms with van der Waals surface area (Å²) >= 11 is 1.82. The van der Waals surface area contributed by atoms with Crippen molar-refractivity contribution < 1.29 is 0 Å². The quantitative estimate of drug-likeness (QED) is 0.217. The van der Waals surface area contributed by atoms with Gasteiger partial charge in [-0.25, -0.2) is 0 Å². The molecular formula is C34H27N3S. The van der Waals surface area contributed by atoms with E-state index >= 15 is 0 Å². The van der Waals surface area contributed by atoms with E-state index in [-0.39, 0.29) is 5.41 Å². The second kappa shape index (κ2) is 8.71. The van der Waals surface area contributed by atoms with E-state index in [2.05, 4.69) is 111 Å². The maximum atomic E-state index is 5.02. The first-order valence-corrected chi connectivity index (χ1v) is 13.7. The van der Waals surface area contributed by atoms with Gasteiger partial charge in [-0.1, -0.05) is 87.1 Å². The molecule has 1 aliphatic rings. The molecule has 0 spiro atoms. The molecule has 3 nitrogen and oxygen atoms in total. The summed E-state index contributed by atoms with van der Waals surface area (Å²) < 4.78 is 0. The van der Waals surface area contributed by atoms with Gasteiger partial charge in [-0.15, -0.1) is 0 Å². The second-order valence-corrected chi connectivity index (χ2v) is 11.8. The third-order valence-corrected chi connectivity index (χ3v) is 8.43. The normalized spacial score (nSPS) is 13.0. The summed E-state index contributed by atoms with van der Waals surface area (Å²) in [7, 11) is 0. The molecule has 2 aromatic heterocycles. The van der Waals surface area contributed by atoms with Gasteiger partial charge >= 0.3 is 0 Å². The van der Waals surface area contributed by atoms with Crippen molar-refractivity contribution in [3.8, 4) is 11.1 Å². The summed E-state index contributed by atoms with van der Waals surface area (Å²) in [5.41, 5.74) is 9.04. The molecule has 6 aromatic rings. The lowest BCUT2D eigenvalue weighted by molar-refractivity contribution is 0.590. The van der Waals surface area contributed by atoms with Crippen molar-refractivity contribution in [3.05, 3.63) is 115 Å². The molecule has 0 unspecified atom stereocenters. The summed E-state index contributed by atoms with van der Waals surface area (Å²) in [5.74, 6) is 0. The number of nitrogens with zero attached hydrogens (tertiary/aromatic N) is 3. The Balaban J connectivity index is 1.58. The van der Waals surface area contributed by atoms with Crippen LogP contribution in [0.1, 0.15) is 26.3 Å². The molecule has 0 aliphatic carbocycles. The number of hydrogen-bond acceptors (Lipinski definition) is 4. The fourth-order valence-corrected chi connectivity index (χ4v) is 6.51. The van der Waals surface area contributed by atoms with Crippen LogP contribution < -0.4 is 4.90 Å². The zero-order chi connectivity index (χ0) is 25.9. The largest absolute Gasteiger partial charge is 0.305 e. The molecule has 0 fully saturated rings. The molecule has 184 valence electrons. The Labute approximate surface area is 227 Å². The average Bonchev–Trinajstić information content (AvgIpc) is 2.94. The lowest BCUT2D eigenvalue weighted by atomic mass is 9.85. The van der Waals surface area contributed by atoms with Crippen LogP contribution in [0.15, 0.2) is 119 Å². The van der Waals surface area contributed by atoms with Crippen molar-refractivity contribution >= 4 is 50.6 Å². The first kappa shape index (κ1) is 23.0. The molecule has 4 aromatic carbocycles. The highest BCUT2D eigenvalue weighted by atomic mass is 32.2. The summed E-state index contributed by atoms with van der Waals surface area (Å²) in [4.78, 5) is 14.8. The number of rotatable bonds is 2. The van der Waals surface area contributed by atoms with E-state index < -0.39 is 0 Å². The van der Waals surface area contributed by atoms with Crippen molar-refractivity contribution in [3.63, 3.8) is 0 Å². The maximum absolute atomic E-state index is 5.02. The lowest BCUT2D eigenvalue weighted by Gasteiger charge is -2.34. The summed E-state index contributed by atoms with van der Waals surface area (Å²) in [6.07, 6.45) is 3.80. The highest BCUT2D eigenvalue weighted by molar-refractivity contribution is 7.99. The Hall–Kier alpha value is -4.15. The van der Waals surface area contributed by atoms with E-state index in [9.17, 15) is 0 Å². The van der Waals surface area contributed by atoms with Gasteiger partial charge in [-0.3, -0.25) is 9.97 Å². The SMILES string of the molecule is CC(C)(C)c1ccc(-c2c3cccnc3c(N3c4ccccc4Sc4ccccc43)c3cccnc23)cc1. The number of anilines is 3. The van der Waals surface area contributed by atoms with E-state index in [1.54, 1.807) is 0 Å². The van der Waals surface area contributed by atoms with Crippen molar-refractivity contribution in [2.75, 3.05) is 4.90 Å². The topological polar surface area (TPSA) is 29.0 Å². The molecule has 0 radical (unpaired) electrons. The summed E-state index contributed by atoms with van der Waals surface area (Å²) in [6, 6.07) is 34.6. The highest BCUT2D eigenvalue weighted by Gasteiger charge is 2.29. The summed E-state index contributed by atoms with van der Waals surface area (Å²) in [6.45, 7) is 6.75. The predicted molar refractivity (Wildman–Crippen MR) is 160 cm³/mol. The average molecular weight is 510 g/mol. The van der Waals surface area contributed by atoms with Gasteiger partial charge in [0.1, 0.15) is 0 Å². The van der Waals surface area contributed by atoms with Crippen LogP contribution in [0.2, 0.25) is 0 Å². The molecular weight excluding hydrogens is 482 g/mol. The molecule has 0 amide bonds. The van der Waals surface area contributed by atoms with Crippen molar-refractivity contribution in [1.82, 2.24) is 9.97 Å². The maximum Gasteiger partial charge on any atom is 0.0956 e. The lowest BCUT2D eigenvalue weighted by Crippen LogP contribution is -2.16. The van der Waals surface area contributed by atoms with Crippen LogP contribution in [0, 0.1) is 0 Å². The Morgan fingerprint density at radius 1 is 0.605 bits per heavy atom. The standard InChI is InChI=1S/C34H27N3S/c1-34(2,3)23-18-16-22(17-19-23)30-24-10-8-21-36-32(24)33(25-11-9-20-35-31(25)30)37-26-12-4-6-14-28(26)38-29-15-7-5-13-27(29)37/h4-21H,1-3H3. The number of pyridine rings is 2. The van der Waals surface area contributed by atoms with Gasteiger partial charge in [-0.2, -0.15) is 0 Å². The third-order valence-electron chi connectivity index (χ3n) is 7.30. The first-order chi connectivity index (χ1) is 18.5. The summed E-state index contributed by atoms with van der Waals surface area (Å²) in [5, 5.41) is 2.19. The minimum Gasteiger partial charge on any atom is -0.305 e. The van der Waals surface area contributed by atoms with Crippen LogP contribution >= 0.6 is 11.8 Å². The number of aromatic nitrogens is 2. The third kappa shape index (κ3) is 3.59. The zero-order valence-electron chi connectivity index (χ0n) is 21.6. The number of para-hydroxylation sites is 2. The Morgan fingerprint density at radius 3 is 1.82 bits per heavy atom. The number of benzene rings is 4. The van der Waals surface area contributed by atoms with Gasteiger partial charge in [0.15, 0.2) is 0 Å². The van der Waals surface area contributed by atoms with Gasteiger partial charge in [0.05, 0.1) is 28.1 Å². The Bertz CT molecular complexity index is 1730. The van der Waals surface area contributed by atoms with Crippen LogP contribution in [0.5, 0.6) is 0 Å². The van der Waals surface area contributed by atoms with E-state index in [4.69, 9.17) is 9.97 Å². The molecule has 1 aliphatic heterocycles. The monoisotopic (exact) mass is 509 g/mol. The van der Waals surface area contributed by atoms with Gasteiger partial charge in [0.25, 0.3) is 0 Å². The smallest absolute Gasteiger partial charge is 0.0956 e. The molecule has 0 atom stereocenters. The van der Waals surface area contributed by atoms with E-state index in [1.165, 1.54) is 15.4 Å². The highest BCUT2D eigenvalue weighted by Crippen LogP contribution is 2.54. The van der Waals surface area contributed by atoms with Gasteiger partial charge < -0.3 is 4.90 Å². The Kier molecular flexibility index (Phi) is 5.27. The van der Waals surface area contributed by atoms with E-state index in [0.29, 0.717) is 0 Å². The first-order valence-electron chi connectivity index (χ1n) is 12.9. The molecule has 0 N–H and O–H groups in total. The van der Waals surface area contributed by atoms with Crippen LogP contribution in [0.3, 0.4) is 0 Å². The van der Waals surface area contributed by atoms with E-state index in [1.807, 2.05) is 36.3 Å². The van der Waals surface area contributed by atoms with Crippen LogP contribution in [0.4, 0.5) is 17.1 Å². The zero-order valence-corrected chi connectivity index (χ0v) is 22.5. The van der Waals surface area contributed by atoms with Crippen molar-refractivity contribution in [2.24, 2.45) is 0 Å². The Morgan fingerprint density at radius 2 is 1.18 bits per heavy atom. The number of hydrogen-bond donors (Lipinski definition) is 0. The molecule has 0 bridgehead atoms. The molecule has 38 heavy (non-hydrogen) atoms. The fourth-order valence-electron chi connectivity index (χ4n) is 5.45. The number of fused-ring (bicyclic) bond motifs is 4. The molecule has 4 heteroatoms. The van der Waals surface area contributed by atoms with Crippen LogP contribution in [-0.4, -0.2) is 9.97 Å². The fraction of sp³-hybridized carbons (Fsp3) is 0.118. The predicted octanol–water partition coefficient (Wildman–Crippen LogP) is 9.68. The molecule has 0 saturated carbocycles. The molecule has 3 heterocycles. The van der Waals surface area contributed by atoms with Gasteiger partial charge in [0, 0.05) is 38.5 Å².